The molecule has 0 amide bonds. The Bertz CT molecular complexity index is 3430. The van der Waals surface area contributed by atoms with Crippen LogP contribution >= 0.6 is 0 Å². The summed E-state index contributed by atoms with van der Waals surface area (Å²) in [5.41, 5.74) is 8.18. The number of benzene rings is 8. The van der Waals surface area contributed by atoms with Gasteiger partial charge >= 0.3 is 0 Å². The predicted octanol–water partition coefficient (Wildman–Crippen LogP) is 13.6. The third-order valence-corrected chi connectivity index (χ3v) is 10.7. The van der Waals surface area contributed by atoms with Gasteiger partial charge in [0.15, 0.2) is 5.58 Å². The minimum Gasteiger partial charge on any atom is -0.455 e. The summed E-state index contributed by atoms with van der Waals surface area (Å²) in [4.78, 5) is 5.43. The van der Waals surface area contributed by atoms with Crippen LogP contribution < -0.4 is 0 Å². The summed E-state index contributed by atoms with van der Waals surface area (Å²) in [6, 6.07) is 53.0. The molecule has 4 heteroatoms. The number of nitrogens with zero attached hydrogens (tertiary/aromatic N) is 1. The van der Waals surface area contributed by atoms with E-state index in [1.54, 1.807) is 0 Å². The van der Waals surface area contributed by atoms with Gasteiger partial charge in [-0.1, -0.05) is 109 Å². The van der Waals surface area contributed by atoms with Crippen LogP contribution in [0.25, 0.3) is 121 Å². The van der Waals surface area contributed by atoms with E-state index in [1.165, 1.54) is 26.9 Å². The maximum atomic E-state index is 6.93. The van der Waals surface area contributed by atoms with Gasteiger partial charge in [0.1, 0.15) is 33.6 Å². The van der Waals surface area contributed by atoms with E-state index in [-0.39, 0.29) is 0 Å². The fraction of sp³-hybridized carbons (Fsp3) is 0. The van der Waals surface area contributed by atoms with Gasteiger partial charge in [-0.05, 0) is 74.8 Å². The average Bonchev–Trinajstić information content (AvgIpc) is 3.88. The molecule has 0 bridgehead atoms. The average molecular weight is 652 g/mol. The van der Waals surface area contributed by atoms with E-state index in [0.717, 1.165) is 93.7 Å². The second kappa shape index (κ2) is 9.84. The van der Waals surface area contributed by atoms with Gasteiger partial charge in [-0.2, -0.15) is 0 Å². The van der Waals surface area contributed by atoms with E-state index in [2.05, 4.69) is 121 Å². The molecule has 0 unspecified atom stereocenters. The van der Waals surface area contributed by atoms with Crippen molar-refractivity contribution in [2.75, 3.05) is 0 Å². The quantitative estimate of drug-likeness (QED) is 0.175. The lowest BCUT2D eigenvalue weighted by molar-refractivity contribution is 0.663. The van der Waals surface area contributed by atoms with Crippen molar-refractivity contribution >= 4 is 98.1 Å². The Kier molecular flexibility index (Phi) is 5.20. The Balaban J connectivity index is 1.24. The Morgan fingerprint density at radius 1 is 0.294 bits per heavy atom. The van der Waals surface area contributed by atoms with Crippen LogP contribution in [-0.2, 0) is 0 Å². The first-order valence-corrected chi connectivity index (χ1v) is 17.2. The first kappa shape index (κ1) is 27.0. The normalized spacial score (nSPS) is 12.3. The summed E-state index contributed by atoms with van der Waals surface area (Å²) in [5.74, 6) is 0. The van der Waals surface area contributed by atoms with Crippen molar-refractivity contribution in [3.63, 3.8) is 0 Å². The summed E-state index contributed by atoms with van der Waals surface area (Å²) in [7, 11) is 0. The van der Waals surface area contributed by atoms with Gasteiger partial charge in [0.25, 0.3) is 0 Å². The molecule has 51 heavy (non-hydrogen) atoms. The SMILES string of the molecule is c1ccc2c(c1)oc1c(-c3cc4c(oc5cc6c7ccccc7c7ccccc7c6cc54)c(-c4cccc5c4oc4ccccc45)n3)cccc12. The van der Waals surface area contributed by atoms with Crippen molar-refractivity contribution < 1.29 is 13.3 Å². The maximum Gasteiger partial charge on any atom is 0.161 e. The number of pyridine rings is 1. The Morgan fingerprint density at radius 3 is 1.39 bits per heavy atom. The molecule has 0 aliphatic heterocycles. The summed E-state index contributed by atoms with van der Waals surface area (Å²) in [5, 5.41) is 13.5. The van der Waals surface area contributed by atoms with Crippen LogP contribution in [-0.4, -0.2) is 4.98 Å². The molecule has 4 heterocycles. The van der Waals surface area contributed by atoms with Crippen LogP contribution in [0.5, 0.6) is 0 Å². The third-order valence-electron chi connectivity index (χ3n) is 10.7. The second-order valence-electron chi connectivity index (χ2n) is 13.4. The van der Waals surface area contributed by atoms with Gasteiger partial charge in [-0.25, -0.2) is 4.98 Å². The standard InChI is InChI=1S/C47H25NO3/c1-3-13-28-26(11-1)27-12-2-4-14-29(27)37-25-43-38(23-36(28)37)39-24-40(34-19-9-17-32-30-15-5-7-21-41(30)49-45(32)34)48-44(47(39)51-43)35-20-10-18-33-31-16-6-8-22-42(31)50-46(33)35/h1-25H. The van der Waals surface area contributed by atoms with E-state index in [1.807, 2.05) is 30.3 Å². The van der Waals surface area contributed by atoms with Gasteiger partial charge < -0.3 is 13.3 Å². The van der Waals surface area contributed by atoms with Gasteiger partial charge in [-0.15, -0.1) is 0 Å². The van der Waals surface area contributed by atoms with Crippen LogP contribution in [0.3, 0.4) is 0 Å². The number of rotatable bonds is 2. The molecule has 0 saturated heterocycles. The highest BCUT2D eigenvalue weighted by atomic mass is 16.3. The number of hydrogen-bond donors (Lipinski definition) is 0. The molecule has 12 aromatic rings. The van der Waals surface area contributed by atoms with Crippen molar-refractivity contribution in [1.82, 2.24) is 4.98 Å². The monoisotopic (exact) mass is 651 g/mol. The largest absolute Gasteiger partial charge is 0.455 e. The number of furan rings is 3. The highest BCUT2D eigenvalue weighted by Crippen LogP contribution is 2.45. The van der Waals surface area contributed by atoms with Crippen LogP contribution in [0.2, 0.25) is 0 Å². The second-order valence-corrected chi connectivity index (χ2v) is 13.4. The summed E-state index contributed by atoms with van der Waals surface area (Å²) >= 11 is 0. The molecule has 12 rings (SSSR count). The van der Waals surface area contributed by atoms with Gasteiger partial charge in [0.05, 0.1) is 5.69 Å². The number of hydrogen-bond acceptors (Lipinski definition) is 4. The highest BCUT2D eigenvalue weighted by Gasteiger charge is 2.23. The molecule has 8 aromatic carbocycles. The maximum absolute atomic E-state index is 6.93. The Labute approximate surface area is 289 Å². The predicted molar refractivity (Wildman–Crippen MR) is 209 cm³/mol. The van der Waals surface area contributed by atoms with E-state index >= 15 is 0 Å². The molecule has 4 aromatic heterocycles. The van der Waals surface area contributed by atoms with E-state index in [0.29, 0.717) is 0 Å². The molecule has 0 N–H and O–H groups in total. The lowest BCUT2D eigenvalue weighted by Crippen LogP contribution is -1.91. The zero-order chi connectivity index (χ0) is 33.2. The zero-order valence-corrected chi connectivity index (χ0v) is 27.1. The lowest BCUT2D eigenvalue weighted by Gasteiger charge is -2.10. The van der Waals surface area contributed by atoms with Crippen molar-refractivity contribution in [2.24, 2.45) is 0 Å². The van der Waals surface area contributed by atoms with Gasteiger partial charge in [0, 0.05) is 43.4 Å². The summed E-state index contributed by atoms with van der Waals surface area (Å²) in [6.07, 6.45) is 0. The fourth-order valence-electron chi connectivity index (χ4n) is 8.38. The molecule has 0 aliphatic rings. The van der Waals surface area contributed by atoms with E-state index < -0.39 is 0 Å². The minimum atomic E-state index is 0.724. The highest BCUT2D eigenvalue weighted by molar-refractivity contribution is 6.29. The van der Waals surface area contributed by atoms with Crippen LogP contribution in [0.1, 0.15) is 0 Å². The molecular weight excluding hydrogens is 627 g/mol. The number of para-hydroxylation sites is 4. The molecule has 0 saturated carbocycles. The third kappa shape index (κ3) is 3.65. The molecule has 0 fully saturated rings. The molecule has 0 radical (unpaired) electrons. The topological polar surface area (TPSA) is 52.3 Å². The number of fused-ring (bicyclic) bond motifs is 15. The smallest absolute Gasteiger partial charge is 0.161 e. The minimum absolute atomic E-state index is 0.724. The lowest BCUT2D eigenvalue weighted by atomic mass is 9.93. The van der Waals surface area contributed by atoms with Crippen molar-refractivity contribution in [1.29, 1.82) is 0 Å². The van der Waals surface area contributed by atoms with Crippen molar-refractivity contribution in [2.45, 2.75) is 0 Å². The van der Waals surface area contributed by atoms with E-state index in [9.17, 15) is 0 Å². The van der Waals surface area contributed by atoms with E-state index in [4.69, 9.17) is 18.2 Å². The van der Waals surface area contributed by atoms with Crippen molar-refractivity contribution in [3.8, 4) is 22.5 Å². The first-order valence-electron chi connectivity index (χ1n) is 17.2. The van der Waals surface area contributed by atoms with Crippen LogP contribution in [0.15, 0.2) is 165 Å². The zero-order valence-electron chi connectivity index (χ0n) is 27.1. The number of aromatic nitrogens is 1. The Hall–Kier alpha value is -6.91. The first-order chi connectivity index (χ1) is 25.3. The van der Waals surface area contributed by atoms with Crippen molar-refractivity contribution in [3.05, 3.63) is 152 Å². The van der Waals surface area contributed by atoms with Gasteiger partial charge in [0.2, 0.25) is 0 Å². The summed E-state index contributed by atoms with van der Waals surface area (Å²) < 4.78 is 20.0. The molecule has 0 aliphatic carbocycles. The van der Waals surface area contributed by atoms with Gasteiger partial charge in [-0.3, -0.25) is 0 Å². The molecule has 0 atom stereocenters. The molecule has 0 spiro atoms. The van der Waals surface area contributed by atoms with Crippen LogP contribution in [0, 0.1) is 0 Å². The Morgan fingerprint density at radius 2 is 0.765 bits per heavy atom. The fourth-order valence-corrected chi connectivity index (χ4v) is 8.38. The summed E-state index contributed by atoms with van der Waals surface area (Å²) in [6.45, 7) is 0. The molecular formula is C47H25NO3. The van der Waals surface area contributed by atoms with Crippen LogP contribution in [0.4, 0.5) is 0 Å². The molecule has 4 nitrogen and oxygen atoms in total. The molecule has 236 valence electrons.